The maximum Gasteiger partial charge on any atom is 0.228 e. The summed E-state index contributed by atoms with van der Waals surface area (Å²) in [6, 6.07) is 7.68. The summed E-state index contributed by atoms with van der Waals surface area (Å²) in [5.74, 6) is -0.240. The fraction of sp³-hybridized carbons (Fsp3) is 0.500. The topological polar surface area (TPSA) is 75.4 Å². The van der Waals surface area contributed by atoms with Crippen molar-refractivity contribution in [2.75, 3.05) is 11.9 Å². The second kappa shape index (κ2) is 9.43. The maximum atomic E-state index is 11.7. The molecule has 2 amide bonds. The minimum atomic E-state index is -0.209. The van der Waals surface area contributed by atoms with Gasteiger partial charge in [-0.15, -0.1) is 12.4 Å². The maximum absolute atomic E-state index is 11.7. The Bertz CT molecular complexity index is 489. The molecule has 1 atom stereocenters. The molecule has 0 saturated carbocycles. The van der Waals surface area contributed by atoms with Crippen molar-refractivity contribution in [1.29, 1.82) is 0 Å². The molecular formula is C16H26ClN3O2. The van der Waals surface area contributed by atoms with E-state index in [4.69, 9.17) is 5.73 Å². The number of carbonyl (C=O) groups is 2. The molecule has 0 bridgehead atoms. The van der Waals surface area contributed by atoms with Crippen LogP contribution in [0.5, 0.6) is 0 Å². The number of benzene rings is 1. The Morgan fingerprint density at radius 3 is 2.14 bits per heavy atom. The first-order chi connectivity index (χ1) is 9.85. The molecular weight excluding hydrogens is 302 g/mol. The smallest absolute Gasteiger partial charge is 0.228 e. The van der Waals surface area contributed by atoms with Crippen LogP contribution in [0.3, 0.4) is 0 Å². The van der Waals surface area contributed by atoms with E-state index in [2.05, 4.69) is 5.32 Å². The molecule has 1 unspecified atom stereocenters. The number of rotatable bonds is 6. The Kier molecular flexibility index (Phi) is 8.75. The van der Waals surface area contributed by atoms with Crippen LogP contribution in [0.2, 0.25) is 0 Å². The monoisotopic (exact) mass is 327 g/mol. The molecule has 0 spiro atoms. The molecule has 1 aromatic carbocycles. The van der Waals surface area contributed by atoms with Gasteiger partial charge in [-0.2, -0.15) is 0 Å². The third-order valence-corrected chi connectivity index (χ3v) is 3.40. The van der Waals surface area contributed by atoms with E-state index < -0.39 is 0 Å². The number of carbonyl (C=O) groups excluding carboxylic acids is 2. The molecule has 0 heterocycles. The van der Waals surface area contributed by atoms with Gasteiger partial charge in [0.05, 0.1) is 0 Å². The Balaban J connectivity index is 0.00000441. The van der Waals surface area contributed by atoms with Gasteiger partial charge in [-0.25, -0.2) is 0 Å². The molecule has 0 aliphatic carbocycles. The van der Waals surface area contributed by atoms with E-state index in [0.717, 1.165) is 11.3 Å². The van der Waals surface area contributed by atoms with Gasteiger partial charge in [0.1, 0.15) is 0 Å². The number of halogens is 1. The minimum Gasteiger partial charge on any atom is -0.336 e. The summed E-state index contributed by atoms with van der Waals surface area (Å²) < 4.78 is 0. The highest BCUT2D eigenvalue weighted by molar-refractivity contribution is 5.92. The second-order valence-corrected chi connectivity index (χ2v) is 5.56. The molecule has 124 valence electrons. The zero-order chi connectivity index (χ0) is 16.0. The summed E-state index contributed by atoms with van der Waals surface area (Å²) in [4.78, 5) is 25.1. The standard InChI is InChI=1S/C16H25N3O2.ClH/c1-11(2)19(13(4)20)10-14-5-7-15(8-6-14)18-16(21)12(3)9-17;/h5-8,11-12H,9-10,17H2,1-4H3,(H,18,21);1H. The highest BCUT2D eigenvalue weighted by Crippen LogP contribution is 2.14. The van der Waals surface area contributed by atoms with Crippen molar-refractivity contribution in [2.24, 2.45) is 11.7 Å². The lowest BCUT2D eigenvalue weighted by Crippen LogP contribution is -2.34. The average molecular weight is 328 g/mol. The first-order valence-corrected chi connectivity index (χ1v) is 7.22. The van der Waals surface area contributed by atoms with Crippen molar-refractivity contribution >= 4 is 29.9 Å². The van der Waals surface area contributed by atoms with Crippen molar-refractivity contribution in [3.63, 3.8) is 0 Å². The summed E-state index contributed by atoms with van der Waals surface area (Å²) in [5.41, 5.74) is 7.23. The Hall–Kier alpha value is -1.59. The van der Waals surface area contributed by atoms with Crippen LogP contribution in [-0.4, -0.2) is 29.3 Å². The predicted molar refractivity (Wildman–Crippen MR) is 91.9 cm³/mol. The largest absolute Gasteiger partial charge is 0.336 e. The summed E-state index contributed by atoms with van der Waals surface area (Å²) in [6.45, 7) is 8.24. The van der Waals surface area contributed by atoms with Gasteiger partial charge in [0.2, 0.25) is 11.8 Å². The molecule has 1 aromatic rings. The van der Waals surface area contributed by atoms with Crippen LogP contribution >= 0.6 is 12.4 Å². The van der Waals surface area contributed by atoms with E-state index >= 15 is 0 Å². The zero-order valence-electron chi connectivity index (χ0n) is 13.6. The van der Waals surface area contributed by atoms with Gasteiger partial charge in [-0.05, 0) is 31.5 Å². The van der Waals surface area contributed by atoms with Crippen molar-refractivity contribution in [2.45, 2.75) is 40.3 Å². The van der Waals surface area contributed by atoms with Gasteiger partial charge in [-0.1, -0.05) is 19.1 Å². The molecule has 5 nitrogen and oxygen atoms in total. The van der Waals surface area contributed by atoms with Gasteiger partial charge >= 0.3 is 0 Å². The molecule has 3 N–H and O–H groups in total. The molecule has 6 heteroatoms. The number of amides is 2. The van der Waals surface area contributed by atoms with Crippen LogP contribution in [0.25, 0.3) is 0 Å². The summed E-state index contributed by atoms with van der Waals surface area (Å²) in [6.07, 6.45) is 0. The van der Waals surface area contributed by atoms with Gasteiger partial charge in [0, 0.05) is 37.7 Å². The average Bonchev–Trinajstić information content (AvgIpc) is 2.44. The normalized spacial score (nSPS) is 11.5. The number of nitrogens with two attached hydrogens (primary N) is 1. The van der Waals surface area contributed by atoms with E-state index in [0.29, 0.717) is 13.1 Å². The number of hydrogen-bond donors (Lipinski definition) is 2. The third kappa shape index (κ3) is 6.03. The van der Waals surface area contributed by atoms with Crippen molar-refractivity contribution in [1.82, 2.24) is 4.90 Å². The lowest BCUT2D eigenvalue weighted by Gasteiger charge is -2.25. The van der Waals surface area contributed by atoms with Crippen LogP contribution in [-0.2, 0) is 16.1 Å². The zero-order valence-corrected chi connectivity index (χ0v) is 14.4. The van der Waals surface area contributed by atoms with Gasteiger partial charge < -0.3 is 16.0 Å². The number of nitrogens with zero attached hydrogens (tertiary/aromatic N) is 1. The number of hydrogen-bond acceptors (Lipinski definition) is 3. The van der Waals surface area contributed by atoms with Gasteiger partial charge in [-0.3, -0.25) is 9.59 Å². The first-order valence-electron chi connectivity index (χ1n) is 7.22. The lowest BCUT2D eigenvalue weighted by atomic mass is 10.1. The summed E-state index contributed by atoms with van der Waals surface area (Å²) >= 11 is 0. The fourth-order valence-corrected chi connectivity index (χ4v) is 1.92. The van der Waals surface area contributed by atoms with Crippen LogP contribution < -0.4 is 11.1 Å². The van der Waals surface area contributed by atoms with Gasteiger partial charge in [0.25, 0.3) is 0 Å². The number of nitrogens with one attached hydrogen (secondary N) is 1. The molecule has 0 aliphatic rings. The quantitative estimate of drug-likeness (QED) is 0.842. The van der Waals surface area contributed by atoms with Crippen molar-refractivity contribution in [3.8, 4) is 0 Å². The van der Waals surface area contributed by atoms with E-state index in [9.17, 15) is 9.59 Å². The molecule has 0 aliphatic heterocycles. The first kappa shape index (κ1) is 20.4. The van der Waals surface area contributed by atoms with Crippen molar-refractivity contribution < 1.29 is 9.59 Å². The number of anilines is 1. The van der Waals surface area contributed by atoms with E-state index in [1.807, 2.05) is 38.1 Å². The SMILES string of the molecule is CC(=O)N(Cc1ccc(NC(=O)C(C)CN)cc1)C(C)C.Cl. The van der Waals surface area contributed by atoms with E-state index in [1.165, 1.54) is 0 Å². The Morgan fingerprint density at radius 1 is 1.18 bits per heavy atom. The predicted octanol–water partition coefficient (Wildman–Crippen LogP) is 2.40. The molecule has 0 saturated heterocycles. The molecule has 0 aromatic heterocycles. The highest BCUT2D eigenvalue weighted by atomic mass is 35.5. The van der Waals surface area contributed by atoms with Crippen LogP contribution in [0, 0.1) is 5.92 Å². The highest BCUT2D eigenvalue weighted by Gasteiger charge is 2.13. The van der Waals surface area contributed by atoms with E-state index in [1.54, 1.807) is 18.7 Å². The Labute approximate surface area is 138 Å². The van der Waals surface area contributed by atoms with Gasteiger partial charge in [0.15, 0.2) is 0 Å². The Morgan fingerprint density at radius 2 is 1.73 bits per heavy atom. The summed E-state index contributed by atoms with van der Waals surface area (Å²) in [5, 5.41) is 2.82. The lowest BCUT2D eigenvalue weighted by molar-refractivity contribution is -0.131. The van der Waals surface area contributed by atoms with Crippen LogP contribution in [0.4, 0.5) is 5.69 Å². The fourth-order valence-electron chi connectivity index (χ4n) is 1.92. The summed E-state index contributed by atoms with van der Waals surface area (Å²) in [7, 11) is 0. The van der Waals surface area contributed by atoms with Crippen LogP contribution in [0.15, 0.2) is 24.3 Å². The molecule has 22 heavy (non-hydrogen) atoms. The minimum absolute atomic E-state index is 0. The molecule has 1 rings (SSSR count). The molecule has 0 radical (unpaired) electrons. The van der Waals surface area contributed by atoms with Crippen molar-refractivity contribution in [3.05, 3.63) is 29.8 Å². The van der Waals surface area contributed by atoms with E-state index in [-0.39, 0.29) is 36.2 Å². The molecule has 0 fully saturated rings. The second-order valence-electron chi connectivity index (χ2n) is 5.56. The van der Waals surface area contributed by atoms with Crippen LogP contribution in [0.1, 0.15) is 33.3 Å². The third-order valence-electron chi connectivity index (χ3n) is 3.40.